The van der Waals surface area contributed by atoms with Gasteiger partial charge >= 0.3 is 12.1 Å². The van der Waals surface area contributed by atoms with E-state index in [1.54, 1.807) is 0 Å². The number of aromatic amines is 1. The van der Waals surface area contributed by atoms with Gasteiger partial charge in [0, 0.05) is 6.20 Å². The average Bonchev–Trinajstić information content (AvgIpc) is 3.03. The quantitative estimate of drug-likeness (QED) is 0.756. The van der Waals surface area contributed by atoms with Crippen LogP contribution in [0.15, 0.2) is 24.5 Å². The minimum Gasteiger partial charge on any atom is -0.478 e. The van der Waals surface area contributed by atoms with E-state index in [9.17, 15) is 18.0 Å². The highest BCUT2D eigenvalue weighted by molar-refractivity contribution is 6.35. The lowest BCUT2D eigenvalue weighted by Gasteiger charge is -2.06. The number of carboxylic acid groups (broad SMARTS) is 1. The lowest BCUT2D eigenvalue weighted by molar-refractivity contribution is -0.137. The first-order chi connectivity index (χ1) is 10.3. The first-order valence-electron chi connectivity index (χ1n) is 5.80. The molecule has 3 aromatic rings. The van der Waals surface area contributed by atoms with Gasteiger partial charge < -0.3 is 10.1 Å². The van der Waals surface area contributed by atoms with Gasteiger partial charge in [-0.3, -0.25) is 0 Å². The van der Waals surface area contributed by atoms with Crippen LogP contribution in [0.25, 0.3) is 17.0 Å². The molecule has 0 atom stereocenters. The number of carbonyl (C=O) groups is 1. The second kappa shape index (κ2) is 4.73. The maximum absolute atomic E-state index is 12.7. The Hall–Kier alpha value is -2.55. The third kappa shape index (κ3) is 2.39. The van der Waals surface area contributed by atoms with Crippen molar-refractivity contribution in [2.75, 3.05) is 0 Å². The summed E-state index contributed by atoms with van der Waals surface area (Å²) in [6.45, 7) is 0. The van der Waals surface area contributed by atoms with Crippen LogP contribution in [0.3, 0.4) is 0 Å². The van der Waals surface area contributed by atoms with Crippen molar-refractivity contribution < 1.29 is 23.1 Å². The summed E-state index contributed by atoms with van der Waals surface area (Å²) < 4.78 is 39.3. The molecule has 6 nitrogen and oxygen atoms in total. The zero-order valence-electron chi connectivity index (χ0n) is 10.5. The molecule has 0 amide bonds. The summed E-state index contributed by atoms with van der Waals surface area (Å²) in [6, 6.07) is 1.65. The molecule has 0 bridgehead atoms. The van der Waals surface area contributed by atoms with E-state index in [4.69, 9.17) is 16.7 Å². The van der Waals surface area contributed by atoms with Crippen molar-refractivity contribution in [1.82, 2.24) is 19.7 Å². The molecule has 2 heterocycles. The van der Waals surface area contributed by atoms with Gasteiger partial charge in [-0.25, -0.2) is 14.5 Å². The molecule has 10 heteroatoms. The van der Waals surface area contributed by atoms with Crippen molar-refractivity contribution >= 4 is 28.6 Å². The Morgan fingerprint density at radius 2 is 2.09 bits per heavy atom. The van der Waals surface area contributed by atoms with E-state index < -0.39 is 17.7 Å². The molecular formula is C12H6ClF3N4O2. The van der Waals surface area contributed by atoms with E-state index in [1.807, 2.05) is 0 Å². The number of hydrogen-bond donors (Lipinski definition) is 2. The largest absolute Gasteiger partial charge is 0.478 e. The van der Waals surface area contributed by atoms with Crippen molar-refractivity contribution in [3.8, 4) is 5.95 Å². The number of fused-ring (bicyclic) bond motifs is 1. The molecule has 2 N–H and O–H groups in total. The molecule has 0 saturated heterocycles. The Kier molecular flexibility index (Phi) is 3.10. The maximum Gasteiger partial charge on any atom is 0.416 e. The molecular weight excluding hydrogens is 325 g/mol. The van der Waals surface area contributed by atoms with Crippen LogP contribution >= 0.6 is 11.6 Å². The van der Waals surface area contributed by atoms with Gasteiger partial charge in [0.25, 0.3) is 0 Å². The number of benzene rings is 1. The number of imidazole rings is 1. The van der Waals surface area contributed by atoms with E-state index in [2.05, 4.69) is 15.1 Å². The Balaban J connectivity index is 2.13. The summed E-state index contributed by atoms with van der Waals surface area (Å²) in [7, 11) is 0. The fraction of sp³-hybridized carbons (Fsp3) is 0.0833. The van der Waals surface area contributed by atoms with E-state index in [0.29, 0.717) is 0 Å². The highest BCUT2D eigenvalue weighted by Crippen LogP contribution is 2.34. The monoisotopic (exact) mass is 330 g/mol. The maximum atomic E-state index is 12.7. The van der Waals surface area contributed by atoms with Crippen molar-refractivity contribution in [1.29, 1.82) is 0 Å². The molecule has 0 fully saturated rings. The van der Waals surface area contributed by atoms with Gasteiger partial charge in [-0.05, 0) is 12.1 Å². The molecule has 22 heavy (non-hydrogen) atoms. The molecule has 0 aliphatic carbocycles. The van der Waals surface area contributed by atoms with Crippen molar-refractivity contribution in [3.05, 3.63) is 40.7 Å². The van der Waals surface area contributed by atoms with Gasteiger partial charge in [0.15, 0.2) is 0 Å². The number of carboxylic acids is 1. The summed E-state index contributed by atoms with van der Waals surface area (Å²) in [6.07, 6.45) is -2.26. The number of nitrogens with zero attached hydrogens (tertiary/aromatic N) is 3. The topological polar surface area (TPSA) is 83.8 Å². The number of alkyl halides is 3. The van der Waals surface area contributed by atoms with Crippen molar-refractivity contribution in [2.45, 2.75) is 6.18 Å². The predicted octanol–water partition coefficient (Wildman–Crippen LogP) is 3.12. The fourth-order valence-corrected chi connectivity index (χ4v) is 2.15. The van der Waals surface area contributed by atoms with Crippen molar-refractivity contribution in [3.63, 3.8) is 0 Å². The van der Waals surface area contributed by atoms with Crippen LogP contribution in [0.2, 0.25) is 5.02 Å². The van der Waals surface area contributed by atoms with Gasteiger partial charge in [0.05, 0.1) is 27.9 Å². The molecule has 0 spiro atoms. The summed E-state index contributed by atoms with van der Waals surface area (Å²) >= 11 is 5.82. The Bertz CT molecular complexity index is 884. The number of nitrogens with one attached hydrogen (secondary N) is 1. The molecule has 2 aromatic heterocycles. The van der Waals surface area contributed by atoms with Gasteiger partial charge in [0.2, 0.25) is 5.95 Å². The molecule has 0 aliphatic heterocycles. The van der Waals surface area contributed by atoms with Gasteiger partial charge in [0.1, 0.15) is 5.52 Å². The van der Waals surface area contributed by atoms with Crippen LogP contribution in [0, 0.1) is 0 Å². The number of hydrogen-bond acceptors (Lipinski definition) is 3. The standard InChI is InChI=1S/C12H6ClF3N4O2/c13-7-1-6(12(14,15)16)2-8-9(7)19-11(18-8)20-4-5(3-17-20)10(21)22/h1-4H,(H,18,19)(H,21,22). The Morgan fingerprint density at radius 1 is 1.36 bits per heavy atom. The number of rotatable bonds is 2. The minimum absolute atomic E-state index is 0.0590. The fourth-order valence-electron chi connectivity index (χ4n) is 1.88. The summed E-state index contributed by atoms with van der Waals surface area (Å²) in [5.74, 6) is -1.12. The van der Waals surface area contributed by atoms with E-state index in [0.717, 1.165) is 23.0 Å². The molecule has 1 aromatic carbocycles. The van der Waals surface area contributed by atoms with Gasteiger partial charge in [-0.2, -0.15) is 18.3 Å². The lowest BCUT2D eigenvalue weighted by Crippen LogP contribution is -2.04. The van der Waals surface area contributed by atoms with Crippen LogP contribution in [0.1, 0.15) is 15.9 Å². The second-order valence-corrected chi connectivity index (χ2v) is 4.80. The minimum atomic E-state index is -4.54. The van der Waals surface area contributed by atoms with Crippen LogP contribution in [-0.4, -0.2) is 30.8 Å². The second-order valence-electron chi connectivity index (χ2n) is 4.39. The molecule has 114 valence electrons. The smallest absolute Gasteiger partial charge is 0.416 e. The highest BCUT2D eigenvalue weighted by atomic mass is 35.5. The van der Waals surface area contributed by atoms with Crippen LogP contribution in [0.4, 0.5) is 13.2 Å². The summed E-state index contributed by atoms with van der Waals surface area (Å²) in [5, 5.41) is 12.4. The predicted molar refractivity (Wildman–Crippen MR) is 70.2 cm³/mol. The van der Waals surface area contributed by atoms with Crippen LogP contribution in [0.5, 0.6) is 0 Å². The normalized spacial score (nSPS) is 12.0. The van der Waals surface area contributed by atoms with Gasteiger partial charge in [-0.1, -0.05) is 11.6 Å². The first-order valence-corrected chi connectivity index (χ1v) is 6.18. The average molecular weight is 331 g/mol. The summed E-state index contributed by atoms with van der Waals surface area (Å²) in [5.41, 5.74) is -0.784. The molecule has 0 unspecified atom stereocenters. The molecule has 0 radical (unpaired) electrons. The third-order valence-corrected chi connectivity index (χ3v) is 3.19. The Labute approximate surface area is 125 Å². The van der Waals surface area contributed by atoms with E-state index in [-0.39, 0.29) is 27.6 Å². The molecule has 0 aliphatic rings. The lowest BCUT2D eigenvalue weighted by atomic mass is 10.2. The number of aromatic carboxylic acids is 1. The first kappa shape index (κ1) is 14.4. The zero-order chi connectivity index (χ0) is 16.1. The number of aromatic nitrogens is 4. The van der Waals surface area contributed by atoms with E-state index >= 15 is 0 Å². The SMILES string of the molecule is O=C(O)c1cnn(-c2nc3c(Cl)cc(C(F)(F)F)cc3[nH]2)c1. The van der Waals surface area contributed by atoms with Gasteiger partial charge in [-0.15, -0.1) is 0 Å². The summed E-state index contributed by atoms with van der Waals surface area (Å²) in [4.78, 5) is 17.5. The molecule has 3 rings (SSSR count). The molecule has 0 saturated carbocycles. The van der Waals surface area contributed by atoms with E-state index in [1.165, 1.54) is 6.20 Å². The third-order valence-electron chi connectivity index (χ3n) is 2.90. The number of H-pyrrole nitrogens is 1. The highest BCUT2D eigenvalue weighted by Gasteiger charge is 2.31. The zero-order valence-corrected chi connectivity index (χ0v) is 11.3. The van der Waals surface area contributed by atoms with Crippen LogP contribution in [-0.2, 0) is 6.18 Å². The van der Waals surface area contributed by atoms with Crippen molar-refractivity contribution in [2.24, 2.45) is 0 Å². The Morgan fingerprint density at radius 3 is 2.68 bits per heavy atom. The number of halogens is 4. The van der Waals surface area contributed by atoms with Crippen LogP contribution < -0.4 is 0 Å².